The van der Waals surface area contributed by atoms with Crippen LogP contribution >= 0.6 is 23.2 Å². The number of Topliss-reactive ketones (excluding diaryl/α,β-unsaturated/α-hetero) is 1. The standard InChI is InChI=1S/C29H29Cl2NO3/c1-17-25(29(34)35-20-11-6-3-7-12-20)26(21-13-8-14-22(30)28(21)31)27-23(32-17)15-19(16-24(27)33)18-9-4-2-5-10-18/h2,4-5,8-10,13-14,19-20,26,32H,3,6-7,11-12,15-16H2,1H3/t19-,26+/m0/s1. The summed E-state index contributed by atoms with van der Waals surface area (Å²) in [6.45, 7) is 1.88. The van der Waals surface area contributed by atoms with Crippen molar-refractivity contribution in [3.63, 3.8) is 0 Å². The van der Waals surface area contributed by atoms with Crippen molar-refractivity contribution in [1.29, 1.82) is 0 Å². The molecule has 1 saturated carbocycles. The highest BCUT2D eigenvalue weighted by molar-refractivity contribution is 6.42. The Balaban J connectivity index is 1.56. The van der Waals surface area contributed by atoms with Crippen LogP contribution in [0.1, 0.15) is 74.8 Å². The zero-order valence-corrected chi connectivity index (χ0v) is 21.3. The van der Waals surface area contributed by atoms with Gasteiger partial charge < -0.3 is 10.1 Å². The number of hydrogen-bond acceptors (Lipinski definition) is 4. The van der Waals surface area contributed by atoms with Crippen molar-refractivity contribution in [1.82, 2.24) is 5.32 Å². The van der Waals surface area contributed by atoms with E-state index in [9.17, 15) is 9.59 Å². The molecule has 2 atom stereocenters. The number of benzene rings is 2. The van der Waals surface area contributed by atoms with Gasteiger partial charge in [0.2, 0.25) is 0 Å². The van der Waals surface area contributed by atoms with Crippen molar-refractivity contribution >= 4 is 35.0 Å². The molecule has 0 radical (unpaired) electrons. The molecule has 1 aliphatic heterocycles. The van der Waals surface area contributed by atoms with Crippen LogP contribution in [0.15, 0.2) is 71.1 Å². The van der Waals surface area contributed by atoms with Crippen LogP contribution < -0.4 is 5.32 Å². The van der Waals surface area contributed by atoms with Crippen molar-refractivity contribution < 1.29 is 14.3 Å². The summed E-state index contributed by atoms with van der Waals surface area (Å²) in [5.41, 5.74) is 4.40. The normalized spacial score (nSPS) is 23.1. The molecular weight excluding hydrogens is 481 g/mol. The lowest BCUT2D eigenvalue weighted by Gasteiger charge is -2.37. The highest BCUT2D eigenvalue weighted by Gasteiger charge is 2.42. The number of carbonyl (C=O) groups excluding carboxylic acids is 2. The molecule has 5 rings (SSSR count). The molecule has 1 N–H and O–H groups in total. The van der Waals surface area contributed by atoms with Gasteiger partial charge in [0.05, 0.1) is 15.6 Å². The Morgan fingerprint density at radius 2 is 1.71 bits per heavy atom. The average molecular weight is 510 g/mol. The maximum absolute atomic E-state index is 13.7. The first-order valence-corrected chi connectivity index (χ1v) is 13.1. The Bertz CT molecular complexity index is 1210. The fraction of sp³-hybridized carbons (Fsp3) is 0.379. The summed E-state index contributed by atoms with van der Waals surface area (Å²) >= 11 is 13.1. The maximum atomic E-state index is 13.7. The van der Waals surface area contributed by atoms with E-state index in [1.165, 1.54) is 6.42 Å². The lowest BCUT2D eigenvalue weighted by Crippen LogP contribution is -2.37. The molecule has 6 heteroatoms. The van der Waals surface area contributed by atoms with E-state index >= 15 is 0 Å². The van der Waals surface area contributed by atoms with Crippen molar-refractivity contribution in [3.8, 4) is 0 Å². The SMILES string of the molecule is CC1=C(C(=O)OC2CCCCC2)[C@@H](c2cccc(Cl)c2Cl)C2=C(C[C@H](c3ccccc3)CC2=O)N1. The molecule has 3 aliphatic rings. The molecule has 0 unspecified atom stereocenters. The first kappa shape index (κ1) is 24.1. The highest BCUT2D eigenvalue weighted by Crippen LogP contribution is 2.48. The Morgan fingerprint density at radius 1 is 0.971 bits per heavy atom. The Kier molecular flexibility index (Phi) is 7.04. The molecule has 2 aromatic carbocycles. The van der Waals surface area contributed by atoms with Gasteiger partial charge in [-0.25, -0.2) is 4.79 Å². The quantitative estimate of drug-likeness (QED) is 0.441. The van der Waals surface area contributed by atoms with E-state index in [4.69, 9.17) is 27.9 Å². The van der Waals surface area contributed by atoms with Gasteiger partial charge in [0.1, 0.15) is 6.10 Å². The maximum Gasteiger partial charge on any atom is 0.337 e. The van der Waals surface area contributed by atoms with Gasteiger partial charge in [-0.3, -0.25) is 4.79 Å². The number of esters is 1. The molecule has 2 aromatic rings. The van der Waals surface area contributed by atoms with E-state index in [1.807, 2.05) is 37.3 Å². The third-order valence-corrected chi connectivity index (χ3v) is 8.27. The monoisotopic (exact) mass is 509 g/mol. The van der Waals surface area contributed by atoms with E-state index in [0.717, 1.165) is 36.9 Å². The molecule has 0 saturated heterocycles. The summed E-state index contributed by atoms with van der Waals surface area (Å²) in [5.74, 6) is -0.900. The minimum absolute atomic E-state index is 0.0177. The summed E-state index contributed by atoms with van der Waals surface area (Å²) in [5, 5.41) is 4.17. The van der Waals surface area contributed by atoms with E-state index < -0.39 is 5.92 Å². The van der Waals surface area contributed by atoms with Gasteiger partial charge in [-0.05, 0) is 62.1 Å². The Labute approximate surface area is 216 Å². The first-order chi connectivity index (χ1) is 16.9. The number of halogens is 2. The molecule has 0 amide bonds. The second-order valence-electron chi connectivity index (χ2n) is 9.74. The summed E-state index contributed by atoms with van der Waals surface area (Å²) in [6, 6.07) is 15.5. The van der Waals surface area contributed by atoms with Gasteiger partial charge in [-0.2, -0.15) is 0 Å². The number of carbonyl (C=O) groups is 2. The van der Waals surface area contributed by atoms with Gasteiger partial charge >= 0.3 is 5.97 Å². The number of ketones is 1. The van der Waals surface area contributed by atoms with Gasteiger partial charge in [-0.15, -0.1) is 0 Å². The Morgan fingerprint density at radius 3 is 2.46 bits per heavy atom. The molecule has 0 bridgehead atoms. The van der Waals surface area contributed by atoms with Gasteiger partial charge in [0, 0.05) is 29.3 Å². The molecular formula is C29H29Cl2NO3. The van der Waals surface area contributed by atoms with Gasteiger partial charge in [-0.1, -0.05) is 72.1 Å². The van der Waals surface area contributed by atoms with Crippen molar-refractivity contribution in [2.75, 3.05) is 0 Å². The number of nitrogens with one attached hydrogen (secondary N) is 1. The van der Waals surface area contributed by atoms with Gasteiger partial charge in [0.15, 0.2) is 5.78 Å². The Hall–Kier alpha value is -2.56. The topological polar surface area (TPSA) is 55.4 Å². The van der Waals surface area contributed by atoms with E-state index in [2.05, 4.69) is 17.4 Å². The number of ether oxygens (including phenoxy) is 1. The minimum Gasteiger partial charge on any atom is -0.459 e. The van der Waals surface area contributed by atoms with Crippen LogP contribution in [0.4, 0.5) is 0 Å². The number of rotatable bonds is 4. The molecule has 182 valence electrons. The van der Waals surface area contributed by atoms with Crippen molar-refractivity contribution in [2.45, 2.75) is 69.8 Å². The highest BCUT2D eigenvalue weighted by atomic mass is 35.5. The van der Waals surface area contributed by atoms with Crippen LogP contribution in [0, 0.1) is 0 Å². The van der Waals surface area contributed by atoms with Crippen LogP contribution in [0.2, 0.25) is 10.0 Å². The van der Waals surface area contributed by atoms with Crippen LogP contribution in [0.5, 0.6) is 0 Å². The summed E-state index contributed by atoms with van der Waals surface area (Å²) in [4.78, 5) is 27.3. The third-order valence-electron chi connectivity index (χ3n) is 7.44. The molecule has 2 aliphatic carbocycles. The molecule has 35 heavy (non-hydrogen) atoms. The molecule has 0 aromatic heterocycles. The van der Waals surface area contributed by atoms with Crippen LogP contribution in [-0.2, 0) is 14.3 Å². The fourth-order valence-corrected chi connectivity index (χ4v) is 6.14. The lowest BCUT2D eigenvalue weighted by atomic mass is 9.71. The summed E-state index contributed by atoms with van der Waals surface area (Å²) < 4.78 is 5.98. The molecule has 1 fully saturated rings. The predicted molar refractivity (Wildman–Crippen MR) is 138 cm³/mol. The summed E-state index contributed by atoms with van der Waals surface area (Å²) in [6.07, 6.45) is 6.02. The van der Waals surface area contributed by atoms with Crippen LogP contribution in [0.3, 0.4) is 0 Å². The molecule has 4 nitrogen and oxygen atoms in total. The molecule has 0 spiro atoms. The number of dihydropyridines is 1. The van der Waals surface area contributed by atoms with E-state index in [0.29, 0.717) is 45.3 Å². The average Bonchev–Trinajstić information content (AvgIpc) is 2.86. The van der Waals surface area contributed by atoms with E-state index in [1.54, 1.807) is 6.07 Å². The second-order valence-corrected chi connectivity index (χ2v) is 10.5. The summed E-state index contributed by atoms with van der Waals surface area (Å²) in [7, 11) is 0. The van der Waals surface area contributed by atoms with Crippen LogP contribution in [0.25, 0.3) is 0 Å². The lowest BCUT2D eigenvalue weighted by molar-refractivity contribution is -0.146. The van der Waals surface area contributed by atoms with E-state index in [-0.39, 0.29) is 23.8 Å². The van der Waals surface area contributed by atoms with Crippen molar-refractivity contribution in [3.05, 3.63) is 92.2 Å². The zero-order valence-electron chi connectivity index (χ0n) is 19.8. The van der Waals surface area contributed by atoms with Crippen LogP contribution in [-0.4, -0.2) is 17.9 Å². The largest absolute Gasteiger partial charge is 0.459 e. The number of allylic oxidation sites excluding steroid dienone is 3. The smallest absolute Gasteiger partial charge is 0.337 e. The predicted octanol–water partition coefficient (Wildman–Crippen LogP) is 7.23. The zero-order chi connectivity index (χ0) is 24.5. The fourth-order valence-electron chi connectivity index (χ4n) is 5.72. The minimum atomic E-state index is -0.613. The van der Waals surface area contributed by atoms with Crippen molar-refractivity contribution in [2.24, 2.45) is 0 Å². The molecule has 1 heterocycles. The number of hydrogen-bond donors (Lipinski definition) is 1. The third kappa shape index (κ3) is 4.79. The van der Waals surface area contributed by atoms with Gasteiger partial charge in [0.25, 0.3) is 0 Å². The first-order valence-electron chi connectivity index (χ1n) is 12.4. The second kappa shape index (κ2) is 10.2.